The number of hydrogen-bond donors (Lipinski definition) is 2. The van der Waals surface area contributed by atoms with Gasteiger partial charge in [-0.05, 0) is 33.6 Å². The summed E-state index contributed by atoms with van der Waals surface area (Å²) in [6.45, 7) is 0.192. The number of ether oxygens (including phenoxy) is 2. The Labute approximate surface area is 105 Å². The average Bonchev–Trinajstić information content (AvgIpc) is 2.84. The highest BCUT2D eigenvalue weighted by Gasteiger charge is 2.28. The Hall–Kier alpha value is -1.76. The van der Waals surface area contributed by atoms with Gasteiger partial charge in [-0.25, -0.2) is 4.79 Å². The van der Waals surface area contributed by atoms with Crippen molar-refractivity contribution in [2.75, 3.05) is 6.79 Å². The van der Waals surface area contributed by atoms with Crippen LogP contribution in [0.2, 0.25) is 0 Å². The highest BCUT2D eigenvalue weighted by molar-refractivity contribution is 9.10. The molecule has 2 amide bonds. The molecule has 0 aromatic heterocycles. The van der Waals surface area contributed by atoms with Gasteiger partial charge in [0, 0.05) is 0 Å². The number of amides is 2. The highest BCUT2D eigenvalue weighted by Crippen LogP contribution is 2.41. The molecule has 0 radical (unpaired) electrons. The average molecular weight is 298 g/mol. The Morgan fingerprint density at radius 1 is 1.47 bits per heavy atom. The molecule has 7 heteroatoms. The lowest BCUT2D eigenvalue weighted by molar-refractivity contribution is 0.173. The molecule has 1 unspecified atom stereocenters. The molecule has 3 rings (SSSR count). The van der Waals surface area contributed by atoms with Crippen molar-refractivity contribution in [2.24, 2.45) is 10.7 Å². The molecule has 0 spiro atoms. The van der Waals surface area contributed by atoms with Gasteiger partial charge >= 0.3 is 6.03 Å². The third-order valence-electron chi connectivity index (χ3n) is 2.58. The van der Waals surface area contributed by atoms with E-state index in [4.69, 9.17) is 15.2 Å². The van der Waals surface area contributed by atoms with Crippen LogP contribution in [0.25, 0.3) is 0 Å². The van der Waals surface area contributed by atoms with Gasteiger partial charge in [0.2, 0.25) is 6.79 Å². The van der Waals surface area contributed by atoms with Gasteiger partial charge < -0.3 is 20.5 Å². The minimum Gasteiger partial charge on any atom is -0.454 e. The van der Waals surface area contributed by atoms with E-state index in [0.29, 0.717) is 11.5 Å². The number of aliphatic imine (C=N–C) groups is 1. The number of nitrogens with one attached hydrogen (secondary N) is 1. The maximum Gasteiger partial charge on any atom is 0.343 e. The van der Waals surface area contributed by atoms with Crippen LogP contribution in [0.15, 0.2) is 21.6 Å². The molecule has 2 aliphatic rings. The lowest BCUT2D eigenvalue weighted by Crippen LogP contribution is -2.27. The van der Waals surface area contributed by atoms with Gasteiger partial charge in [-0.3, -0.25) is 0 Å². The fourth-order valence-corrected chi connectivity index (χ4v) is 2.39. The Balaban J connectivity index is 2.03. The van der Waals surface area contributed by atoms with Gasteiger partial charge in [0.25, 0.3) is 0 Å². The number of nitrogens with two attached hydrogens (primary N) is 1. The molecule has 1 aromatic rings. The van der Waals surface area contributed by atoms with E-state index < -0.39 is 12.1 Å². The fourth-order valence-electron chi connectivity index (χ4n) is 1.82. The van der Waals surface area contributed by atoms with E-state index in [0.717, 1.165) is 10.0 Å². The summed E-state index contributed by atoms with van der Waals surface area (Å²) in [5.74, 6) is 1.54. The van der Waals surface area contributed by atoms with Crippen molar-refractivity contribution >= 4 is 27.8 Å². The number of rotatable bonds is 1. The van der Waals surface area contributed by atoms with Crippen molar-refractivity contribution in [3.63, 3.8) is 0 Å². The first-order valence-corrected chi connectivity index (χ1v) is 5.68. The molecule has 1 aromatic carbocycles. The molecule has 6 nitrogen and oxygen atoms in total. The van der Waals surface area contributed by atoms with E-state index in [1.54, 1.807) is 6.07 Å². The van der Waals surface area contributed by atoms with E-state index in [2.05, 4.69) is 26.2 Å². The fraction of sp³-hybridized carbons (Fsp3) is 0.200. The molecule has 0 saturated carbocycles. The zero-order valence-electron chi connectivity index (χ0n) is 8.57. The van der Waals surface area contributed by atoms with Crippen molar-refractivity contribution in [3.8, 4) is 11.5 Å². The van der Waals surface area contributed by atoms with E-state index >= 15 is 0 Å². The van der Waals surface area contributed by atoms with Crippen molar-refractivity contribution in [2.45, 2.75) is 6.04 Å². The monoisotopic (exact) mass is 297 g/mol. The first-order chi connectivity index (χ1) is 8.15. The van der Waals surface area contributed by atoms with E-state index in [-0.39, 0.29) is 12.6 Å². The molecule has 2 heterocycles. The number of hydrogen-bond acceptors (Lipinski definition) is 4. The van der Waals surface area contributed by atoms with Crippen LogP contribution >= 0.6 is 15.9 Å². The molecule has 1 atom stereocenters. The van der Waals surface area contributed by atoms with Crippen LogP contribution in [0, 0.1) is 0 Å². The first-order valence-electron chi connectivity index (χ1n) is 4.89. The molecule has 0 saturated heterocycles. The maximum absolute atomic E-state index is 11.1. The van der Waals surface area contributed by atoms with E-state index in [9.17, 15) is 4.79 Å². The highest BCUT2D eigenvalue weighted by atomic mass is 79.9. The van der Waals surface area contributed by atoms with Crippen molar-refractivity contribution < 1.29 is 14.3 Å². The summed E-state index contributed by atoms with van der Waals surface area (Å²) in [7, 11) is 0. The minimum atomic E-state index is -0.429. The predicted octanol–water partition coefficient (Wildman–Crippen LogP) is 1.30. The van der Waals surface area contributed by atoms with E-state index in [1.165, 1.54) is 0 Å². The quantitative estimate of drug-likeness (QED) is 0.818. The molecule has 0 bridgehead atoms. The molecular weight excluding hydrogens is 290 g/mol. The SMILES string of the molecule is NC1=NC(=O)NC1c1cc(Br)c2c(c1)OCO2. The number of nitrogens with zero attached hydrogens (tertiary/aromatic N) is 1. The predicted molar refractivity (Wildman–Crippen MR) is 63.2 cm³/mol. The first kappa shape index (κ1) is 10.4. The topological polar surface area (TPSA) is 85.9 Å². The van der Waals surface area contributed by atoms with Crippen molar-refractivity contribution in [1.29, 1.82) is 0 Å². The largest absolute Gasteiger partial charge is 0.454 e. The lowest BCUT2D eigenvalue weighted by atomic mass is 10.1. The van der Waals surface area contributed by atoms with Crippen LogP contribution in [0.5, 0.6) is 11.5 Å². The number of halogens is 1. The van der Waals surface area contributed by atoms with Crippen LogP contribution in [-0.2, 0) is 0 Å². The number of amidine groups is 1. The summed E-state index contributed by atoms with van der Waals surface area (Å²) >= 11 is 3.38. The third-order valence-corrected chi connectivity index (χ3v) is 3.17. The minimum absolute atomic E-state index is 0.192. The molecule has 0 fully saturated rings. The Morgan fingerprint density at radius 2 is 2.29 bits per heavy atom. The summed E-state index contributed by atoms with van der Waals surface area (Å²) in [6.07, 6.45) is 0. The lowest BCUT2D eigenvalue weighted by Gasteiger charge is -2.12. The van der Waals surface area contributed by atoms with Crippen LogP contribution in [-0.4, -0.2) is 18.7 Å². The van der Waals surface area contributed by atoms with Gasteiger partial charge in [0.1, 0.15) is 11.9 Å². The van der Waals surface area contributed by atoms with Gasteiger partial charge in [-0.1, -0.05) is 0 Å². The Kier molecular flexibility index (Phi) is 2.22. The molecule has 0 aliphatic carbocycles. The van der Waals surface area contributed by atoms with Crippen LogP contribution in [0.1, 0.15) is 11.6 Å². The molecule has 17 heavy (non-hydrogen) atoms. The van der Waals surface area contributed by atoms with Crippen molar-refractivity contribution in [3.05, 3.63) is 22.2 Å². The smallest absolute Gasteiger partial charge is 0.343 e. The van der Waals surface area contributed by atoms with Crippen molar-refractivity contribution in [1.82, 2.24) is 5.32 Å². The molecule has 3 N–H and O–H groups in total. The third kappa shape index (κ3) is 1.62. The number of carbonyl (C=O) groups is 1. The maximum atomic E-state index is 11.1. The summed E-state index contributed by atoms with van der Waals surface area (Å²) in [5.41, 5.74) is 6.48. The molecular formula is C10H8BrN3O3. The Morgan fingerprint density at radius 3 is 3.00 bits per heavy atom. The zero-order chi connectivity index (χ0) is 12.0. The number of fused-ring (bicyclic) bond motifs is 1. The van der Waals surface area contributed by atoms with Gasteiger partial charge in [0.05, 0.1) is 4.47 Å². The van der Waals surface area contributed by atoms with Gasteiger partial charge in [0.15, 0.2) is 11.5 Å². The standard InChI is InChI=1S/C10H8BrN3O3/c11-5-1-4(2-6-8(5)17-3-16-6)7-9(12)14-10(15)13-7/h1-2,7H,3H2,(H3,12,13,14,15). The number of benzene rings is 1. The normalized spacial score (nSPS) is 21.4. The second-order valence-corrected chi connectivity index (χ2v) is 4.51. The summed E-state index contributed by atoms with van der Waals surface area (Å²) in [5, 5.41) is 2.65. The summed E-state index contributed by atoms with van der Waals surface area (Å²) in [6, 6.07) is 2.77. The molecule has 2 aliphatic heterocycles. The number of carbonyl (C=O) groups excluding carboxylic acids is 1. The molecule has 88 valence electrons. The summed E-state index contributed by atoms with van der Waals surface area (Å²) in [4.78, 5) is 14.7. The second-order valence-electron chi connectivity index (χ2n) is 3.66. The van der Waals surface area contributed by atoms with Crippen LogP contribution in [0.3, 0.4) is 0 Å². The van der Waals surface area contributed by atoms with E-state index in [1.807, 2.05) is 6.07 Å². The van der Waals surface area contributed by atoms with Crippen LogP contribution < -0.4 is 20.5 Å². The van der Waals surface area contributed by atoms with Gasteiger partial charge in [-0.15, -0.1) is 0 Å². The van der Waals surface area contributed by atoms with Crippen LogP contribution in [0.4, 0.5) is 4.79 Å². The summed E-state index contributed by atoms with van der Waals surface area (Å²) < 4.78 is 11.3. The zero-order valence-corrected chi connectivity index (χ0v) is 10.2. The number of urea groups is 1. The second kappa shape index (κ2) is 3.63. The Bertz CT molecular complexity index is 544. The van der Waals surface area contributed by atoms with Gasteiger partial charge in [-0.2, -0.15) is 4.99 Å².